The average Bonchev–Trinajstić information content (AvgIpc) is 3.58. The Morgan fingerprint density at radius 1 is 0.558 bits per heavy atom. The highest BCUT2D eigenvalue weighted by atomic mass is 16.5. The topological polar surface area (TPSA) is 22.4 Å². The summed E-state index contributed by atoms with van der Waals surface area (Å²) in [5.41, 5.74) is 7.71. The van der Waals surface area contributed by atoms with E-state index in [1.807, 2.05) is 0 Å². The Balaban J connectivity index is 1.38. The van der Waals surface area contributed by atoms with Crippen LogP contribution in [-0.4, -0.2) is 6.10 Å². The maximum atomic E-state index is 6.90. The van der Waals surface area contributed by atoms with Crippen LogP contribution in [0.3, 0.4) is 0 Å². The first-order valence-corrected chi connectivity index (χ1v) is 14.9. The van der Waals surface area contributed by atoms with Crippen molar-refractivity contribution in [3.63, 3.8) is 0 Å². The van der Waals surface area contributed by atoms with E-state index in [2.05, 4.69) is 153 Å². The van der Waals surface area contributed by atoms with Crippen molar-refractivity contribution < 1.29 is 9.15 Å². The number of rotatable bonds is 3. The number of furan rings is 1. The van der Waals surface area contributed by atoms with E-state index in [0.29, 0.717) is 0 Å². The van der Waals surface area contributed by atoms with E-state index in [1.54, 1.807) is 0 Å². The van der Waals surface area contributed by atoms with Gasteiger partial charge in [-0.2, -0.15) is 0 Å². The van der Waals surface area contributed by atoms with Crippen molar-refractivity contribution in [1.29, 1.82) is 0 Å². The van der Waals surface area contributed by atoms with Crippen molar-refractivity contribution in [3.05, 3.63) is 151 Å². The lowest BCUT2D eigenvalue weighted by atomic mass is 9.76. The number of ether oxygens (including phenoxy) is 1. The second kappa shape index (κ2) is 9.08. The molecular formula is C41H28O2. The second-order valence-corrected chi connectivity index (χ2v) is 11.8. The highest BCUT2D eigenvalue weighted by molar-refractivity contribution is 6.23. The van der Waals surface area contributed by atoms with E-state index in [1.165, 1.54) is 38.2 Å². The van der Waals surface area contributed by atoms with Gasteiger partial charge in [-0.3, -0.25) is 0 Å². The Morgan fingerprint density at radius 3 is 1.91 bits per heavy atom. The largest absolute Gasteiger partial charge is 0.485 e. The van der Waals surface area contributed by atoms with Crippen LogP contribution in [0.2, 0.25) is 0 Å². The van der Waals surface area contributed by atoms with Gasteiger partial charge >= 0.3 is 0 Å². The predicted octanol–water partition coefficient (Wildman–Crippen LogP) is 10.9. The van der Waals surface area contributed by atoms with Crippen LogP contribution in [0.4, 0.5) is 0 Å². The molecule has 0 N–H and O–H groups in total. The van der Waals surface area contributed by atoms with Crippen LogP contribution in [0, 0.1) is 0 Å². The number of hydrogen-bond donors (Lipinski definition) is 0. The lowest BCUT2D eigenvalue weighted by molar-refractivity contribution is 0.228. The van der Waals surface area contributed by atoms with Crippen molar-refractivity contribution in [3.8, 4) is 39.3 Å². The summed E-state index contributed by atoms with van der Waals surface area (Å²) in [7, 11) is 0. The molecule has 1 aliphatic heterocycles. The molecule has 2 heterocycles. The van der Waals surface area contributed by atoms with E-state index < -0.39 is 0 Å². The summed E-state index contributed by atoms with van der Waals surface area (Å²) < 4.78 is 13.3. The predicted molar refractivity (Wildman–Crippen MR) is 178 cm³/mol. The van der Waals surface area contributed by atoms with Gasteiger partial charge in [0.25, 0.3) is 0 Å². The Hall–Kier alpha value is -5.34. The summed E-state index contributed by atoms with van der Waals surface area (Å²) >= 11 is 0. The molecule has 0 saturated carbocycles. The van der Waals surface area contributed by atoms with Crippen LogP contribution in [0.1, 0.15) is 12.5 Å². The van der Waals surface area contributed by atoms with Gasteiger partial charge < -0.3 is 9.15 Å². The molecule has 0 spiro atoms. The monoisotopic (exact) mass is 552 g/mol. The van der Waals surface area contributed by atoms with Gasteiger partial charge in [0.1, 0.15) is 23.2 Å². The van der Waals surface area contributed by atoms with Crippen molar-refractivity contribution in [2.75, 3.05) is 0 Å². The first kappa shape index (κ1) is 24.3. The van der Waals surface area contributed by atoms with Gasteiger partial charge in [-0.1, -0.05) is 121 Å². The molecule has 0 radical (unpaired) electrons. The zero-order valence-corrected chi connectivity index (χ0v) is 23.8. The molecule has 1 aliphatic carbocycles. The highest BCUT2D eigenvalue weighted by Crippen LogP contribution is 2.51. The molecule has 204 valence electrons. The van der Waals surface area contributed by atoms with Crippen LogP contribution in [0.25, 0.3) is 66.1 Å². The van der Waals surface area contributed by atoms with Crippen LogP contribution < -0.4 is 4.74 Å². The molecule has 9 rings (SSSR count). The van der Waals surface area contributed by atoms with E-state index in [4.69, 9.17) is 9.15 Å². The SMILES string of the molecule is CC12C=CC=CC1Oc1ccc(-c3c(-c4c5ccccc5c(-c5ccccc5)c5ccccc45)oc4ccccc34)cc12. The minimum absolute atomic E-state index is 0.00160. The molecule has 1 aromatic heterocycles. The number of allylic oxidation sites excluding steroid dienone is 2. The third-order valence-corrected chi connectivity index (χ3v) is 9.35. The summed E-state index contributed by atoms with van der Waals surface area (Å²) in [4.78, 5) is 0. The Labute approximate surface area is 250 Å². The van der Waals surface area contributed by atoms with E-state index in [0.717, 1.165) is 39.2 Å². The zero-order chi connectivity index (χ0) is 28.5. The van der Waals surface area contributed by atoms with Gasteiger partial charge in [-0.15, -0.1) is 0 Å². The summed E-state index contributed by atoms with van der Waals surface area (Å²) in [6.07, 6.45) is 8.64. The van der Waals surface area contributed by atoms with Crippen molar-refractivity contribution >= 4 is 32.5 Å². The van der Waals surface area contributed by atoms with Crippen LogP contribution in [-0.2, 0) is 5.41 Å². The molecular weight excluding hydrogens is 524 g/mol. The molecule has 2 nitrogen and oxygen atoms in total. The first-order valence-electron chi connectivity index (χ1n) is 14.9. The van der Waals surface area contributed by atoms with Gasteiger partial charge in [0, 0.05) is 22.1 Å². The number of fused-ring (bicyclic) bond motifs is 6. The molecule has 0 saturated heterocycles. The second-order valence-electron chi connectivity index (χ2n) is 11.8. The fourth-order valence-electron chi connectivity index (χ4n) is 7.26. The Morgan fingerprint density at radius 2 is 1.19 bits per heavy atom. The molecule has 0 amide bonds. The van der Waals surface area contributed by atoms with E-state index >= 15 is 0 Å². The molecule has 6 aromatic carbocycles. The minimum Gasteiger partial charge on any atom is -0.485 e. The van der Waals surface area contributed by atoms with E-state index in [-0.39, 0.29) is 11.5 Å². The smallest absolute Gasteiger partial charge is 0.144 e. The van der Waals surface area contributed by atoms with Gasteiger partial charge in [0.05, 0.1) is 5.41 Å². The third kappa shape index (κ3) is 3.47. The normalized spacial score (nSPS) is 18.7. The van der Waals surface area contributed by atoms with Crippen LogP contribution in [0.5, 0.6) is 5.75 Å². The lowest BCUT2D eigenvalue weighted by Gasteiger charge is -2.27. The Kier molecular flexibility index (Phi) is 5.13. The minimum atomic E-state index is -0.212. The molecule has 2 unspecified atom stereocenters. The fraction of sp³-hybridized carbons (Fsp3) is 0.0732. The number of hydrogen-bond acceptors (Lipinski definition) is 2. The third-order valence-electron chi connectivity index (χ3n) is 9.35. The first-order chi connectivity index (χ1) is 21.2. The maximum absolute atomic E-state index is 6.90. The number of benzene rings is 6. The molecule has 7 aromatic rings. The number of para-hydroxylation sites is 1. The van der Waals surface area contributed by atoms with Gasteiger partial charge in [-0.05, 0) is 69.4 Å². The van der Waals surface area contributed by atoms with Crippen molar-refractivity contribution in [2.24, 2.45) is 0 Å². The summed E-state index contributed by atoms with van der Waals surface area (Å²) in [6, 6.07) is 43.3. The maximum Gasteiger partial charge on any atom is 0.144 e. The zero-order valence-electron chi connectivity index (χ0n) is 23.8. The lowest BCUT2D eigenvalue weighted by Crippen LogP contribution is -2.32. The summed E-state index contributed by atoms with van der Waals surface area (Å²) in [6.45, 7) is 2.27. The van der Waals surface area contributed by atoms with Crippen LogP contribution in [0.15, 0.2) is 150 Å². The Bertz CT molecular complexity index is 2230. The standard InChI is InChI=1S/C41H28O2/c1-41-24-12-11-21-36(41)42-35-23-22-27(25-33(35)41)38-32-19-9-10-20-34(32)43-40(38)39-30-17-7-5-15-28(30)37(26-13-3-2-4-14-26)29-16-6-8-18-31(29)39/h2-25,36H,1H3. The van der Waals surface area contributed by atoms with Crippen molar-refractivity contribution in [1.82, 2.24) is 0 Å². The highest BCUT2D eigenvalue weighted by Gasteiger charge is 2.43. The molecule has 2 heteroatoms. The van der Waals surface area contributed by atoms with Crippen LogP contribution >= 0.6 is 0 Å². The quantitative estimate of drug-likeness (QED) is 0.203. The fourth-order valence-corrected chi connectivity index (χ4v) is 7.26. The molecule has 2 aliphatic rings. The van der Waals surface area contributed by atoms with Gasteiger partial charge in [-0.25, -0.2) is 0 Å². The van der Waals surface area contributed by atoms with Crippen molar-refractivity contribution in [2.45, 2.75) is 18.4 Å². The molecule has 0 fully saturated rings. The summed E-state index contributed by atoms with van der Waals surface area (Å²) in [5.74, 6) is 1.85. The van der Waals surface area contributed by atoms with E-state index in [9.17, 15) is 0 Å². The summed E-state index contributed by atoms with van der Waals surface area (Å²) in [5, 5.41) is 5.89. The molecule has 0 bridgehead atoms. The average molecular weight is 553 g/mol. The molecule has 43 heavy (non-hydrogen) atoms. The van der Waals surface area contributed by atoms with Gasteiger partial charge in [0.2, 0.25) is 0 Å². The van der Waals surface area contributed by atoms with Gasteiger partial charge in [0.15, 0.2) is 0 Å². The molecule has 2 atom stereocenters.